The first-order valence-corrected chi connectivity index (χ1v) is 12.5. The van der Waals surface area contributed by atoms with Gasteiger partial charge in [-0.2, -0.15) is 0 Å². The molecule has 1 aliphatic heterocycles. The minimum absolute atomic E-state index is 0.875. The Labute approximate surface area is 98.7 Å². The summed E-state index contributed by atoms with van der Waals surface area (Å²) in [6.45, 7) is 20.2. The summed E-state index contributed by atoms with van der Waals surface area (Å²) >= 11 is 0. The molecule has 2 heteroatoms. The molecule has 0 aromatic carbocycles. The molecule has 0 spiro atoms. The van der Waals surface area contributed by atoms with Crippen LogP contribution in [-0.2, 0) is 0 Å². The number of rotatable bonds is 4. The van der Waals surface area contributed by atoms with Crippen LogP contribution in [0.3, 0.4) is 0 Å². The molecule has 0 aromatic heterocycles. The summed E-state index contributed by atoms with van der Waals surface area (Å²) in [4.78, 5) is 0. The van der Waals surface area contributed by atoms with Gasteiger partial charge in [-0.25, -0.2) is 0 Å². The van der Waals surface area contributed by atoms with E-state index >= 15 is 0 Å². The number of hydrogen-bond donors (Lipinski definition) is 0. The summed E-state index contributed by atoms with van der Waals surface area (Å²) in [5.41, 5.74) is 5.82. The van der Waals surface area contributed by atoms with Gasteiger partial charge in [-0.3, -0.25) is 0 Å². The molecule has 0 aromatic rings. The van der Waals surface area contributed by atoms with Crippen molar-refractivity contribution in [2.45, 2.75) is 83.2 Å². The normalized spacial score (nSPS) is 23.2. The van der Waals surface area contributed by atoms with Crippen LogP contribution >= 0.6 is 0 Å². The highest BCUT2D eigenvalue weighted by molar-refractivity contribution is 7.61. The van der Waals surface area contributed by atoms with Crippen molar-refractivity contribution in [3.05, 3.63) is 0 Å². The van der Waals surface area contributed by atoms with Crippen LogP contribution < -0.4 is 0 Å². The standard InChI is InChI=1S/C13H30Si2/c1-10(2)14(11(3)4)9-15(14,12(5)6)13(7)8/h10-13H,9H2,1-8H3. The average molecular weight is 243 g/mol. The SMILES string of the molecule is CC(C)[Si]1(C(C)C)C[Si]1(C(C)C)C(C)C. The minimum Gasteiger partial charge on any atom is -0.0654 e. The average Bonchev–Trinajstić information content (AvgIpc) is 2.74. The second kappa shape index (κ2) is 4.03. The van der Waals surface area contributed by atoms with Gasteiger partial charge in [0.1, 0.15) is 0 Å². The first-order valence-electron chi connectivity index (χ1n) is 6.73. The van der Waals surface area contributed by atoms with Gasteiger partial charge in [0.15, 0.2) is 0 Å². The second-order valence-corrected chi connectivity index (χ2v) is 22.7. The van der Waals surface area contributed by atoms with E-state index in [4.69, 9.17) is 0 Å². The van der Waals surface area contributed by atoms with Gasteiger partial charge in [-0.05, 0) is 0 Å². The minimum atomic E-state index is -0.875. The molecule has 0 nitrogen and oxygen atoms in total. The second-order valence-electron chi connectivity index (χ2n) is 6.88. The monoisotopic (exact) mass is 242 g/mol. The Morgan fingerprint density at radius 1 is 0.533 bits per heavy atom. The summed E-state index contributed by atoms with van der Waals surface area (Å²) in [5.74, 6) is 0. The van der Waals surface area contributed by atoms with E-state index in [0.717, 1.165) is 22.2 Å². The van der Waals surface area contributed by atoms with E-state index in [1.54, 1.807) is 5.67 Å². The zero-order valence-electron chi connectivity index (χ0n) is 12.0. The van der Waals surface area contributed by atoms with Gasteiger partial charge < -0.3 is 0 Å². The lowest BCUT2D eigenvalue weighted by Crippen LogP contribution is -2.44. The predicted molar refractivity (Wildman–Crippen MR) is 76.7 cm³/mol. The van der Waals surface area contributed by atoms with Crippen molar-refractivity contribution in [3.8, 4) is 0 Å². The van der Waals surface area contributed by atoms with E-state index in [2.05, 4.69) is 55.4 Å². The van der Waals surface area contributed by atoms with E-state index in [1.807, 2.05) is 0 Å². The summed E-state index contributed by atoms with van der Waals surface area (Å²) in [6, 6.07) is 0. The van der Waals surface area contributed by atoms with Crippen LogP contribution in [0.1, 0.15) is 55.4 Å². The lowest BCUT2D eigenvalue weighted by atomic mass is 10.5. The molecule has 0 bridgehead atoms. The van der Waals surface area contributed by atoms with Crippen LogP contribution in [0.25, 0.3) is 0 Å². The van der Waals surface area contributed by atoms with Gasteiger partial charge in [0.25, 0.3) is 0 Å². The van der Waals surface area contributed by atoms with Crippen molar-refractivity contribution >= 4 is 15.2 Å². The van der Waals surface area contributed by atoms with Crippen LogP contribution in [-0.4, -0.2) is 15.2 Å². The summed E-state index contributed by atoms with van der Waals surface area (Å²) in [5, 5.41) is 0. The van der Waals surface area contributed by atoms with E-state index in [-0.39, 0.29) is 0 Å². The zero-order chi connectivity index (χ0) is 12.0. The van der Waals surface area contributed by atoms with E-state index < -0.39 is 15.2 Å². The fourth-order valence-corrected chi connectivity index (χ4v) is 38.3. The highest BCUT2D eigenvalue weighted by Crippen LogP contribution is 2.66. The largest absolute Gasteiger partial charge is 0.0654 e. The molecule has 0 radical (unpaired) electrons. The predicted octanol–water partition coefficient (Wildman–Crippen LogP) is 5.16. The molecule has 1 aliphatic rings. The van der Waals surface area contributed by atoms with Gasteiger partial charge in [-0.15, -0.1) is 0 Å². The van der Waals surface area contributed by atoms with Crippen molar-refractivity contribution in [2.75, 3.05) is 0 Å². The maximum Gasteiger partial charge on any atom is 0.0504 e. The smallest absolute Gasteiger partial charge is 0.0504 e. The molecule has 0 aliphatic carbocycles. The van der Waals surface area contributed by atoms with Gasteiger partial charge >= 0.3 is 0 Å². The Bertz CT molecular complexity index is 189. The van der Waals surface area contributed by atoms with E-state index in [1.165, 1.54) is 0 Å². The molecule has 0 unspecified atom stereocenters. The molecule has 0 saturated carbocycles. The van der Waals surface area contributed by atoms with Crippen LogP contribution in [0.4, 0.5) is 0 Å². The first kappa shape index (κ1) is 13.5. The highest BCUT2D eigenvalue weighted by atomic mass is 29.3. The Hall–Kier alpha value is 0.434. The molecule has 1 saturated heterocycles. The Morgan fingerprint density at radius 3 is 0.800 bits per heavy atom. The molecule has 1 heterocycles. The van der Waals surface area contributed by atoms with Crippen molar-refractivity contribution in [1.29, 1.82) is 0 Å². The molecule has 1 fully saturated rings. The number of hydrogen-bond acceptors (Lipinski definition) is 0. The van der Waals surface area contributed by atoms with E-state index in [0.29, 0.717) is 0 Å². The third-order valence-corrected chi connectivity index (χ3v) is 31.2. The zero-order valence-corrected chi connectivity index (χ0v) is 14.0. The van der Waals surface area contributed by atoms with Crippen LogP contribution in [0.5, 0.6) is 0 Å². The summed E-state index contributed by atoms with van der Waals surface area (Å²) in [6.07, 6.45) is 0. The van der Waals surface area contributed by atoms with Crippen LogP contribution in [0, 0.1) is 0 Å². The van der Waals surface area contributed by atoms with E-state index in [9.17, 15) is 0 Å². The van der Waals surface area contributed by atoms with Crippen LogP contribution in [0.2, 0.25) is 27.8 Å². The third kappa shape index (κ3) is 1.59. The highest BCUT2D eigenvalue weighted by Gasteiger charge is 2.74. The van der Waals surface area contributed by atoms with Gasteiger partial charge in [0.2, 0.25) is 0 Å². The van der Waals surface area contributed by atoms with Gasteiger partial charge in [0, 0.05) is 0 Å². The topological polar surface area (TPSA) is 0 Å². The van der Waals surface area contributed by atoms with Crippen LogP contribution in [0.15, 0.2) is 0 Å². The maximum atomic E-state index is 2.52. The first-order chi connectivity index (χ1) is 6.73. The Morgan fingerprint density at radius 2 is 0.733 bits per heavy atom. The summed E-state index contributed by atoms with van der Waals surface area (Å²) in [7, 11) is -1.75. The lowest BCUT2D eigenvalue weighted by Gasteiger charge is -2.35. The molecular weight excluding hydrogens is 212 g/mol. The van der Waals surface area contributed by atoms with Crippen molar-refractivity contribution in [2.24, 2.45) is 0 Å². The molecule has 15 heavy (non-hydrogen) atoms. The van der Waals surface area contributed by atoms with Crippen molar-refractivity contribution < 1.29 is 0 Å². The fraction of sp³-hybridized carbons (Fsp3) is 1.00. The quantitative estimate of drug-likeness (QED) is 0.598. The van der Waals surface area contributed by atoms with Crippen molar-refractivity contribution in [3.63, 3.8) is 0 Å². The molecule has 90 valence electrons. The summed E-state index contributed by atoms with van der Waals surface area (Å²) < 4.78 is 0. The third-order valence-electron chi connectivity index (χ3n) is 5.45. The fourth-order valence-electron chi connectivity index (χ4n) is 4.74. The molecule has 1 rings (SSSR count). The van der Waals surface area contributed by atoms with Gasteiger partial charge in [-0.1, -0.05) is 83.2 Å². The molecule has 0 N–H and O–H groups in total. The molecular formula is C13H30Si2. The molecule has 0 amide bonds. The lowest BCUT2D eigenvalue weighted by molar-refractivity contribution is 0.915. The van der Waals surface area contributed by atoms with Gasteiger partial charge in [0.05, 0.1) is 15.2 Å². The molecule has 0 atom stereocenters. The van der Waals surface area contributed by atoms with Crippen molar-refractivity contribution in [1.82, 2.24) is 0 Å². The maximum absolute atomic E-state index is 2.52. The Kier molecular flexibility index (Phi) is 3.62. The Balaban J connectivity index is 3.08.